The molecule has 0 aliphatic heterocycles. The Morgan fingerprint density at radius 2 is 2.36 bits per heavy atom. The maximum Gasteiger partial charge on any atom is 0.148 e. The van der Waals surface area contributed by atoms with Crippen molar-refractivity contribution in [1.82, 2.24) is 0 Å². The number of anilines is 1. The fourth-order valence-corrected chi connectivity index (χ4v) is 2.71. The molecule has 1 rings (SSSR count). The van der Waals surface area contributed by atoms with Gasteiger partial charge in [0.1, 0.15) is 5.82 Å². The Bertz CT molecular complexity index is 377. The Morgan fingerprint density at radius 1 is 1.71 bits per heavy atom. The van der Waals surface area contributed by atoms with Crippen LogP contribution in [0.5, 0.6) is 0 Å². The first-order chi connectivity index (χ1) is 6.61. The molecular formula is C7H5BrClFIN2P. The molecule has 76 valence electrons. The summed E-state index contributed by atoms with van der Waals surface area (Å²) in [6.45, 7) is 0. The maximum atomic E-state index is 13.4. The van der Waals surface area contributed by atoms with Gasteiger partial charge in [-0.15, -0.1) is 0 Å². The molecule has 1 atom stereocenters. The molecule has 0 aromatic heterocycles. The molecule has 1 aromatic rings. The Balaban J connectivity index is 3.38. The van der Waals surface area contributed by atoms with Crippen LogP contribution in [-0.4, -0.2) is 6.21 Å². The fraction of sp³-hybridized carbons (Fsp3) is 0. The first kappa shape index (κ1) is 12.6. The minimum atomic E-state index is -0.444. The van der Waals surface area contributed by atoms with Gasteiger partial charge < -0.3 is 10.5 Å². The Hall–Kier alpha value is 0.550. The predicted octanol–water partition coefficient (Wildman–Crippen LogP) is 4.59. The second kappa shape index (κ2) is 5.58. The van der Waals surface area contributed by atoms with Gasteiger partial charge in [0.15, 0.2) is 0 Å². The molecule has 14 heavy (non-hydrogen) atoms. The van der Waals surface area contributed by atoms with E-state index in [0.29, 0.717) is 22.1 Å². The summed E-state index contributed by atoms with van der Waals surface area (Å²) >= 11 is 11.0. The molecule has 2 N–H and O–H groups in total. The Morgan fingerprint density at radius 3 is 2.86 bits per heavy atom. The predicted molar refractivity (Wildman–Crippen MR) is 73.0 cm³/mol. The van der Waals surface area contributed by atoms with Gasteiger partial charge in [0.05, 0.1) is 10.7 Å². The summed E-state index contributed by atoms with van der Waals surface area (Å²) in [4.78, 5) is 0. The lowest BCUT2D eigenvalue weighted by Gasteiger charge is -2.10. The largest absolute Gasteiger partial charge is 0.356 e. The maximum absolute atomic E-state index is 13.4. The van der Waals surface area contributed by atoms with Crippen LogP contribution in [0.4, 0.5) is 10.1 Å². The average Bonchev–Trinajstić information content (AvgIpc) is 2.15. The molecule has 0 saturated carbocycles. The molecule has 7 heteroatoms. The molecule has 0 bridgehead atoms. The Kier molecular flexibility index (Phi) is 5.03. The van der Waals surface area contributed by atoms with Gasteiger partial charge >= 0.3 is 0 Å². The molecule has 0 fully saturated rings. The molecule has 0 amide bonds. The van der Waals surface area contributed by atoms with E-state index in [1.54, 1.807) is 0 Å². The molecular weight excluding hydrogens is 404 g/mol. The van der Waals surface area contributed by atoms with Crippen molar-refractivity contribution in [2.75, 3.05) is 5.09 Å². The van der Waals surface area contributed by atoms with E-state index < -0.39 is 5.82 Å². The molecule has 1 unspecified atom stereocenters. The molecule has 0 radical (unpaired) electrons. The standard InChI is InChI=1S/C7H5BrClFIN2P/c8-6-3(2-12)7(13-14-11)5(10)1-4(6)9/h1-2,12-14H. The lowest BCUT2D eigenvalue weighted by Crippen LogP contribution is -1.96. The zero-order chi connectivity index (χ0) is 10.7. The van der Waals surface area contributed by atoms with Crippen molar-refractivity contribution in [3.05, 3.63) is 26.9 Å². The van der Waals surface area contributed by atoms with Gasteiger partial charge in [0.25, 0.3) is 0 Å². The van der Waals surface area contributed by atoms with Crippen molar-refractivity contribution < 1.29 is 4.39 Å². The number of benzene rings is 1. The topological polar surface area (TPSA) is 35.9 Å². The molecule has 0 aliphatic carbocycles. The molecule has 0 heterocycles. The number of hydrogen-bond acceptors (Lipinski definition) is 2. The van der Waals surface area contributed by atoms with Crippen LogP contribution in [0.1, 0.15) is 5.56 Å². The summed E-state index contributed by atoms with van der Waals surface area (Å²) in [5.41, 5.74) is 0.739. The summed E-state index contributed by atoms with van der Waals surface area (Å²) in [5, 5.41) is 10.3. The molecule has 1 aromatic carbocycles. The van der Waals surface area contributed by atoms with Crippen molar-refractivity contribution in [3.63, 3.8) is 0 Å². The Labute approximate surface area is 109 Å². The average molecular weight is 409 g/mol. The summed E-state index contributed by atoms with van der Waals surface area (Å²) < 4.78 is 13.9. The van der Waals surface area contributed by atoms with Gasteiger partial charge in [0.2, 0.25) is 0 Å². The van der Waals surface area contributed by atoms with E-state index in [9.17, 15) is 4.39 Å². The smallest absolute Gasteiger partial charge is 0.148 e. The second-order valence-corrected chi connectivity index (χ2v) is 5.56. The van der Waals surface area contributed by atoms with Crippen LogP contribution in [0, 0.1) is 11.2 Å². The molecule has 0 aliphatic rings. The van der Waals surface area contributed by atoms with Crippen LogP contribution < -0.4 is 5.09 Å². The molecule has 0 saturated heterocycles. The third-order valence-electron chi connectivity index (χ3n) is 1.52. The van der Waals surface area contributed by atoms with E-state index >= 15 is 0 Å². The van der Waals surface area contributed by atoms with E-state index in [2.05, 4.69) is 43.1 Å². The highest BCUT2D eigenvalue weighted by atomic mass is 127. The first-order valence-corrected chi connectivity index (χ1v) is 8.70. The van der Waals surface area contributed by atoms with Gasteiger partial charge in [-0.3, -0.25) is 0 Å². The minimum absolute atomic E-state index is 0.267. The molecule has 2 nitrogen and oxygen atoms in total. The zero-order valence-corrected chi connectivity index (χ0v) is 12.2. The van der Waals surface area contributed by atoms with Crippen LogP contribution >= 0.6 is 55.9 Å². The van der Waals surface area contributed by atoms with E-state index in [4.69, 9.17) is 17.0 Å². The van der Waals surface area contributed by atoms with Crippen LogP contribution in [0.3, 0.4) is 0 Å². The second-order valence-electron chi connectivity index (χ2n) is 2.31. The first-order valence-electron chi connectivity index (χ1n) is 3.41. The van der Waals surface area contributed by atoms with Gasteiger partial charge in [-0.05, 0) is 44.0 Å². The highest BCUT2D eigenvalue weighted by Gasteiger charge is 2.13. The third kappa shape index (κ3) is 2.56. The number of nitrogens with one attached hydrogen (secondary N) is 2. The monoisotopic (exact) mass is 408 g/mol. The highest BCUT2D eigenvalue weighted by Crippen LogP contribution is 2.36. The third-order valence-corrected chi connectivity index (χ3v) is 4.06. The summed E-state index contributed by atoms with van der Waals surface area (Å²) in [6, 6.07) is 1.22. The minimum Gasteiger partial charge on any atom is -0.356 e. The summed E-state index contributed by atoms with van der Waals surface area (Å²) in [5.74, 6) is -0.444. The van der Waals surface area contributed by atoms with E-state index in [0.717, 1.165) is 6.21 Å². The fourth-order valence-electron chi connectivity index (χ4n) is 0.924. The van der Waals surface area contributed by atoms with Crippen LogP contribution in [0.2, 0.25) is 5.02 Å². The van der Waals surface area contributed by atoms with E-state index in [-0.39, 0.29) is 5.02 Å². The van der Waals surface area contributed by atoms with Crippen LogP contribution in [0.25, 0.3) is 0 Å². The quantitative estimate of drug-likeness (QED) is 0.326. The highest BCUT2D eigenvalue weighted by molar-refractivity contribution is 14.2. The van der Waals surface area contributed by atoms with Crippen LogP contribution in [0.15, 0.2) is 10.5 Å². The van der Waals surface area contributed by atoms with Crippen molar-refractivity contribution in [1.29, 1.82) is 5.41 Å². The van der Waals surface area contributed by atoms with E-state index in [1.165, 1.54) is 6.07 Å². The lowest BCUT2D eigenvalue weighted by molar-refractivity contribution is 0.632. The zero-order valence-electron chi connectivity index (χ0n) is 6.67. The number of hydrogen-bond donors (Lipinski definition) is 2. The summed E-state index contributed by atoms with van der Waals surface area (Å²) in [7, 11) is 0. The van der Waals surface area contributed by atoms with Crippen molar-refractivity contribution in [2.45, 2.75) is 0 Å². The normalized spacial score (nSPS) is 10.9. The number of halogens is 4. The van der Waals surface area contributed by atoms with E-state index in [1.807, 2.05) is 0 Å². The molecule has 0 spiro atoms. The van der Waals surface area contributed by atoms with Gasteiger partial charge in [-0.2, -0.15) is 0 Å². The van der Waals surface area contributed by atoms with Crippen LogP contribution in [-0.2, 0) is 0 Å². The number of rotatable bonds is 3. The van der Waals surface area contributed by atoms with Crippen molar-refractivity contribution in [3.8, 4) is 0 Å². The van der Waals surface area contributed by atoms with Gasteiger partial charge in [-0.1, -0.05) is 11.6 Å². The van der Waals surface area contributed by atoms with Gasteiger partial charge in [0, 0.05) is 22.6 Å². The summed E-state index contributed by atoms with van der Waals surface area (Å²) in [6.07, 6.45) is 1.40. The van der Waals surface area contributed by atoms with Crippen molar-refractivity contribution >= 4 is 67.8 Å². The van der Waals surface area contributed by atoms with Crippen molar-refractivity contribution in [2.24, 2.45) is 0 Å². The lowest BCUT2D eigenvalue weighted by atomic mass is 10.2. The van der Waals surface area contributed by atoms with Gasteiger partial charge in [-0.25, -0.2) is 4.39 Å². The SMILES string of the molecule is N=Cc1c(Br)c(Cl)cc(F)c1NPI.